The van der Waals surface area contributed by atoms with Crippen molar-refractivity contribution in [1.82, 2.24) is 5.32 Å². The van der Waals surface area contributed by atoms with Gasteiger partial charge in [0.2, 0.25) is 0 Å². The molecule has 0 aliphatic rings. The first-order chi connectivity index (χ1) is 11.5. The number of carboxylic acids is 1. The van der Waals surface area contributed by atoms with Gasteiger partial charge in [-0.15, -0.1) is 0 Å². The highest BCUT2D eigenvalue weighted by molar-refractivity contribution is 5.99. The minimum absolute atomic E-state index is 0.0692. The summed E-state index contributed by atoms with van der Waals surface area (Å²) in [5.41, 5.74) is 0.569. The summed E-state index contributed by atoms with van der Waals surface area (Å²) in [7, 11) is 0. The van der Waals surface area contributed by atoms with Crippen molar-refractivity contribution in [2.75, 3.05) is 0 Å². The molecule has 0 heterocycles. The van der Waals surface area contributed by atoms with E-state index in [1.165, 1.54) is 24.3 Å². The largest absolute Gasteiger partial charge is 0.480 e. The third kappa shape index (κ3) is 4.77. The number of para-hydroxylation sites is 1. The van der Waals surface area contributed by atoms with E-state index in [2.05, 4.69) is 10.1 Å². The van der Waals surface area contributed by atoms with Crippen LogP contribution in [0.5, 0.6) is 5.75 Å². The maximum Gasteiger partial charge on any atom is 0.387 e. The van der Waals surface area contributed by atoms with E-state index in [0.29, 0.717) is 0 Å². The zero-order chi connectivity index (χ0) is 17.5. The lowest BCUT2D eigenvalue weighted by molar-refractivity contribution is -0.139. The van der Waals surface area contributed by atoms with E-state index < -0.39 is 24.5 Å². The van der Waals surface area contributed by atoms with Crippen LogP contribution < -0.4 is 10.1 Å². The first-order valence-electron chi connectivity index (χ1n) is 7.09. The summed E-state index contributed by atoms with van der Waals surface area (Å²) >= 11 is 0. The van der Waals surface area contributed by atoms with E-state index >= 15 is 0 Å². The molecule has 2 rings (SSSR count). The number of hydrogen-bond acceptors (Lipinski definition) is 3. The molecule has 2 aromatic carbocycles. The van der Waals surface area contributed by atoms with Gasteiger partial charge in [0.25, 0.3) is 5.91 Å². The molecule has 0 spiro atoms. The third-order valence-corrected chi connectivity index (χ3v) is 3.23. The number of rotatable bonds is 7. The Morgan fingerprint density at radius 1 is 1.04 bits per heavy atom. The highest BCUT2D eigenvalue weighted by atomic mass is 19.3. The Morgan fingerprint density at radius 2 is 1.67 bits per heavy atom. The standard InChI is InChI=1S/C17H15F2NO4/c18-17(19)24-14-9-5-4-8-12(14)15(21)20-13(16(22)23)10-11-6-2-1-3-7-11/h1-9,13,17H,10H2,(H,20,21)(H,22,23)/t13-/m0/s1. The van der Waals surface area contributed by atoms with E-state index in [1.807, 2.05) is 0 Å². The normalized spacial score (nSPS) is 11.8. The maximum atomic E-state index is 12.4. The van der Waals surface area contributed by atoms with Gasteiger partial charge in [-0.2, -0.15) is 8.78 Å². The van der Waals surface area contributed by atoms with Crippen molar-refractivity contribution < 1.29 is 28.2 Å². The molecule has 7 heteroatoms. The van der Waals surface area contributed by atoms with Crippen LogP contribution >= 0.6 is 0 Å². The Kier molecular flexibility index (Phi) is 5.83. The molecule has 0 aliphatic carbocycles. The molecule has 24 heavy (non-hydrogen) atoms. The van der Waals surface area contributed by atoms with Crippen LogP contribution in [0.3, 0.4) is 0 Å². The van der Waals surface area contributed by atoms with Gasteiger partial charge in [-0.05, 0) is 17.7 Å². The van der Waals surface area contributed by atoms with Gasteiger partial charge in [0.15, 0.2) is 0 Å². The Hall–Kier alpha value is -2.96. The lowest BCUT2D eigenvalue weighted by atomic mass is 10.1. The molecule has 126 valence electrons. The van der Waals surface area contributed by atoms with Crippen LogP contribution in [-0.2, 0) is 11.2 Å². The second-order valence-corrected chi connectivity index (χ2v) is 4.93. The average Bonchev–Trinajstić information content (AvgIpc) is 2.55. The van der Waals surface area contributed by atoms with Gasteiger partial charge in [-0.25, -0.2) is 4.79 Å². The molecule has 0 saturated carbocycles. The number of ether oxygens (including phenoxy) is 1. The van der Waals surface area contributed by atoms with Crippen molar-refractivity contribution in [1.29, 1.82) is 0 Å². The highest BCUT2D eigenvalue weighted by Crippen LogP contribution is 2.20. The van der Waals surface area contributed by atoms with E-state index in [9.17, 15) is 23.5 Å². The summed E-state index contributed by atoms with van der Waals surface area (Å²) in [6, 6.07) is 13.0. The minimum atomic E-state index is -3.08. The van der Waals surface area contributed by atoms with Crippen molar-refractivity contribution in [2.24, 2.45) is 0 Å². The molecular formula is C17H15F2NO4. The Bertz CT molecular complexity index is 707. The van der Waals surface area contributed by atoms with Gasteiger partial charge in [0.05, 0.1) is 5.56 Å². The van der Waals surface area contributed by atoms with Crippen LogP contribution in [0.2, 0.25) is 0 Å². The van der Waals surface area contributed by atoms with E-state index in [-0.39, 0.29) is 17.7 Å². The predicted octanol–water partition coefficient (Wildman–Crippen LogP) is 2.71. The maximum absolute atomic E-state index is 12.4. The third-order valence-electron chi connectivity index (χ3n) is 3.23. The second kappa shape index (κ2) is 8.05. The fraction of sp³-hybridized carbons (Fsp3) is 0.176. The average molecular weight is 335 g/mol. The van der Waals surface area contributed by atoms with Gasteiger partial charge in [0.1, 0.15) is 11.8 Å². The molecule has 2 aromatic rings. The molecule has 1 atom stereocenters. The SMILES string of the molecule is O=C(N[C@@H](Cc1ccccc1)C(=O)O)c1ccccc1OC(F)F. The first kappa shape index (κ1) is 17.4. The molecule has 0 unspecified atom stereocenters. The summed E-state index contributed by atoms with van der Waals surface area (Å²) in [5, 5.41) is 11.6. The van der Waals surface area contributed by atoms with Crippen molar-refractivity contribution in [3.05, 3.63) is 65.7 Å². The Labute approximate surface area is 136 Å². The topological polar surface area (TPSA) is 75.6 Å². The lowest BCUT2D eigenvalue weighted by Crippen LogP contribution is -2.42. The number of halogens is 2. The number of carboxylic acid groups (broad SMARTS) is 1. The Morgan fingerprint density at radius 3 is 2.29 bits per heavy atom. The monoisotopic (exact) mass is 335 g/mol. The quantitative estimate of drug-likeness (QED) is 0.816. The molecule has 0 saturated heterocycles. The van der Waals surface area contributed by atoms with Crippen molar-refractivity contribution in [2.45, 2.75) is 19.1 Å². The van der Waals surface area contributed by atoms with Gasteiger partial charge in [-0.3, -0.25) is 4.79 Å². The first-order valence-corrected chi connectivity index (χ1v) is 7.09. The van der Waals surface area contributed by atoms with Gasteiger partial charge in [-0.1, -0.05) is 42.5 Å². The van der Waals surface area contributed by atoms with Crippen molar-refractivity contribution in [3.63, 3.8) is 0 Å². The number of carbonyl (C=O) groups excluding carboxylic acids is 1. The summed E-state index contributed by atoms with van der Waals surface area (Å²) in [6.07, 6.45) is 0.0692. The number of amides is 1. The van der Waals surface area contributed by atoms with E-state index in [4.69, 9.17) is 0 Å². The molecule has 1 amide bonds. The van der Waals surface area contributed by atoms with E-state index in [0.717, 1.165) is 5.56 Å². The van der Waals surface area contributed by atoms with Gasteiger partial charge < -0.3 is 15.2 Å². The second-order valence-electron chi connectivity index (χ2n) is 4.93. The van der Waals surface area contributed by atoms with Crippen LogP contribution in [0.15, 0.2) is 54.6 Å². The number of benzene rings is 2. The molecule has 5 nitrogen and oxygen atoms in total. The van der Waals surface area contributed by atoms with Crippen LogP contribution in [-0.4, -0.2) is 29.6 Å². The number of carbonyl (C=O) groups is 2. The fourth-order valence-electron chi connectivity index (χ4n) is 2.14. The summed E-state index contributed by atoms with van der Waals surface area (Å²) in [6.45, 7) is -3.08. The van der Waals surface area contributed by atoms with Crippen molar-refractivity contribution in [3.8, 4) is 5.75 Å². The molecule has 0 bridgehead atoms. The molecule has 2 N–H and O–H groups in total. The summed E-state index contributed by atoms with van der Waals surface area (Å²) in [4.78, 5) is 23.6. The number of hydrogen-bond donors (Lipinski definition) is 2. The zero-order valence-electron chi connectivity index (χ0n) is 12.5. The van der Waals surface area contributed by atoms with Gasteiger partial charge >= 0.3 is 12.6 Å². The molecule has 0 fully saturated rings. The fourth-order valence-corrected chi connectivity index (χ4v) is 2.14. The number of nitrogens with one attached hydrogen (secondary N) is 1. The van der Waals surface area contributed by atoms with Crippen LogP contribution in [0.25, 0.3) is 0 Å². The van der Waals surface area contributed by atoms with Crippen LogP contribution in [0.4, 0.5) is 8.78 Å². The number of alkyl halides is 2. The molecular weight excluding hydrogens is 320 g/mol. The van der Waals surface area contributed by atoms with Crippen LogP contribution in [0, 0.1) is 0 Å². The molecule has 0 aromatic heterocycles. The van der Waals surface area contributed by atoms with Crippen LogP contribution in [0.1, 0.15) is 15.9 Å². The summed E-state index contributed by atoms with van der Waals surface area (Å²) in [5.74, 6) is -2.33. The van der Waals surface area contributed by atoms with Crippen molar-refractivity contribution >= 4 is 11.9 Å². The number of aliphatic carboxylic acids is 1. The molecule has 0 radical (unpaired) electrons. The van der Waals surface area contributed by atoms with Gasteiger partial charge in [0, 0.05) is 6.42 Å². The lowest BCUT2D eigenvalue weighted by Gasteiger charge is -2.16. The smallest absolute Gasteiger partial charge is 0.387 e. The Balaban J connectivity index is 2.15. The predicted molar refractivity (Wildman–Crippen MR) is 82.1 cm³/mol. The minimum Gasteiger partial charge on any atom is -0.480 e. The summed E-state index contributed by atoms with van der Waals surface area (Å²) < 4.78 is 29.1. The highest BCUT2D eigenvalue weighted by Gasteiger charge is 2.23. The van der Waals surface area contributed by atoms with E-state index in [1.54, 1.807) is 30.3 Å². The zero-order valence-corrected chi connectivity index (χ0v) is 12.5. The molecule has 0 aliphatic heterocycles.